The second-order valence-electron chi connectivity index (χ2n) is 4.93. The highest BCUT2D eigenvalue weighted by molar-refractivity contribution is 5.96. The van der Waals surface area contributed by atoms with Gasteiger partial charge >= 0.3 is 6.09 Å². The number of benzene rings is 1. The number of carbonyl (C=O) groups is 2. The van der Waals surface area contributed by atoms with E-state index in [9.17, 15) is 9.59 Å². The van der Waals surface area contributed by atoms with Gasteiger partial charge in [-0.1, -0.05) is 0 Å². The number of nitrogens with two attached hydrogens (primary N) is 1. The number of hydrazone groups is 1. The monoisotopic (exact) mass is 304 g/mol. The van der Waals surface area contributed by atoms with Crippen LogP contribution in [0.25, 0.3) is 0 Å². The highest BCUT2D eigenvalue weighted by Crippen LogP contribution is 2.09. The summed E-state index contributed by atoms with van der Waals surface area (Å²) < 4.78 is 4.95. The van der Waals surface area contributed by atoms with Crippen molar-refractivity contribution in [1.29, 1.82) is 0 Å². The van der Waals surface area contributed by atoms with Crippen molar-refractivity contribution in [1.82, 2.24) is 10.3 Å². The van der Waals surface area contributed by atoms with E-state index in [0.29, 0.717) is 43.8 Å². The SMILES string of the molecule is CCOC(=O)N1CCC(=NNC(=O)c2ccc(N)cc2)CC1. The van der Waals surface area contributed by atoms with E-state index in [1.807, 2.05) is 0 Å². The number of nitrogen functional groups attached to an aromatic ring is 1. The molecule has 0 aliphatic carbocycles. The maximum atomic E-state index is 11.9. The Morgan fingerprint density at radius 3 is 2.50 bits per heavy atom. The number of amides is 2. The van der Waals surface area contributed by atoms with Crippen molar-refractivity contribution in [2.24, 2.45) is 5.10 Å². The third-order valence-corrected chi connectivity index (χ3v) is 3.36. The van der Waals surface area contributed by atoms with Gasteiger partial charge in [-0.25, -0.2) is 10.2 Å². The number of piperidine rings is 1. The van der Waals surface area contributed by atoms with Crippen molar-refractivity contribution in [2.75, 3.05) is 25.4 Å². The molecule has 1 saturated heterocycles. The lowest BCUT2D eigenvalue weighted by Crippen LogP contribution is -2.39. The summed E-state index contributed by atoms with van der Waals surface area (Å²) in [7, 11) is 0. The highest BCUT2D eigenvalue weighted by atomic mass is 16.6. The molecular weight excluding hydrogens is 284 g/mol. The number of likely N-dealkylation sites (tertiary alicyclic amines) is 1. The zero-order valence-electron chi connectivity index (χ0n) is 12.5. The zero-order chi connectivity index (χ0) is 15.9. The topological polar surface area (TPSA) is 97.0 Å². The van der Waals surface area contributed by atoms with Crippen molar-refractivity contribution in [3.8, 4) is 0 Å². The summed E-state index contributed by atoms with van der Waals surface area (Å²) in [6, 6.07) is 6.63. The minimum absolute atomic E-state index is 0.277. The number of nitrogens with zero attached hydrogens (tertiary/aromatic N) is 2. The normalized spacial score (nSPS) is 14.4. The Hall–Kier alpha value is -2.57. The minimum Gasteiger partial charge on any atom is -0.450 e. The summed E-state index contributed by atoms with van der Waals surface area (Å²) in [6.07, 6.45) is 0.953. The average Bonchev–Trinajstić information content (AvgIpc) is 2.54. The maximum Gasteiger partial charge on any atom is 0.409 e. The smallest absolute Gasteiger partial charge is 0.409 e. The first-order valence-electron chi connectivity index (χ1n) is 7.23. The van der Waals surface area contributed by atoms with Crippen LogP contribution in [0, 0.1) is 0 Å². The molecule has 7 nitrogen and oxygen atoms in total. The molecule has 1 aromatic rings. The summed E-state index contributed by atoms with van der Waals surface area (Å²) >= 11 is 0. The molecule has 1 aromatic carbocycles. The van der Waals surface area contributed by atoms with E-state index in [0.717, 1.165) is 5.71 Å². The maximum absolute atomic E-state index is 11.9. The predicted octanol–water partition coefficient (Wildman–Crippen LogP) is 1.61. The van der Waals surface area contributed by atoms with Gasteiger partial charge in [-0.05, 0) is 31.2 Å². The van der Waals surface area contributed by atoms with E-state index < -0.39 is 0 Å². The number of hydrogen-bond donors (Lipinski definition) is 2. The number of ether oxygens (including phenoxy) is 1. The van der Waals surface area contributed by atoms with E-state index in [4.69, 9.17) is 10.5 Å². The quantitative estimate of drug-likeness (QED) is 0.655. The lowest BCUT2D eigenvalue weighted by atomic mass is 10.1. The molecule has 0 bridgehead atoms. The highest BCUT2D eigenvalue weighted by Gasteiger charge is 2.20. The van der Waals surface area contributed by atoms with Crippen LogP contribution in [0.2, 0.25) is 0 Å². The van der Waals surface area contributed by atoms with Crippen LogP contribution in [0.5, 0.6) is 0 Å². The summed E-state index contributed by atoms with van der Waals surface area (Å²) in [5, 5.41) is 4.13. The number of anilines is 1. The van der Waals surface area contributed by atoms with Gasteiger partial charge in [0, 0.05) is 42.9 Å². The van der Waals surface area contributed by atoms with Crippen LogP contribution in [0.4, 0.5) is 10.5 Å². The summed E-state index contributed by atoms with van der Waals surface area (Å²) in [5.41, 5.74) is 10.1. The fourth-order valence-electron chi connectivity index (χ4n) is 2.10. The Bertz CT molecular complexity index is 559. The molecular formula is C15H20N4O3. The Kier molecular flexibility index (Phi) is 5.35. The second kappa shape index (κ2) is 7.44. The molecule has 2 rings (SSSR count). The molecule has 118 valence electrons. The fraction of sp³-hybridized carbons (Fsp3) is 0.400. The van der Waals surface area contributed by atoms with Crippen molar-refractivity contribution >= 4 is 23.4 Å². The molecule has 0 aromatic heterocycles. The molecule has 0 atom stereocenters. The molecule has 0 saturated carbocycles. The van der Waals surface area contributed by atoms with E-state index >= 15 is 0 Å². The summed E-state index contributed by atoms with van der Waals surface area (Å²) in [6.45, 7) is 3.25. The molecule has 1 fully saturated rings. The minimum atomic E-state index is -0.299. The lowest BCUT2D eigenvalue weighted by Gasteiger charge is -2.26. The Labute approximate surface area is 129 Å². The van der Waals surface area contributed by atoms with Gasteiger partial charge in [0.15, 0.2) is 0 Å². The van der Waals surface area contributed by atoms with Crippen molar-refractivity contribution < 1.29 is 14.3 Å². The number of hydrogen-bond acceptors (Lipinski definition) is 5. The van der Waals surface area contributed by atoms with Crippen molar-refractivity contribution in [3.63, 3.8) is 0 Å². The van der Waals surface area contributed by atoms with Gasteiger partial charge in [-0.15, -0.1) is 0 Å². The molecule has 0 unspecified atom stereocenters. The third kappa shape index (κ3) is 4.21. The van der Waals surface area contributed by atoms with Gasteiger partial charge in [0.25, 0.3) is 5.91 Å². The number of rotatable bonds is 3. The average molecular weight is 304 g/mol. The predicted molar refractivity (Wildman–Crippen MR) is 83.6 cm³/mol. The molecule has 2 amide bonds. The van der Waals surface area contributed by atoms with Gasteiger partial charge < -0.3 is 15.4 Å². The van der Waals surface area contributed by atoms with Gasteiger partial charge in [-0.3, -0.25) is 4.79 Å². The van der Waals surface area contributed by atoms with E-state index in [-0.39, 0.29) is 12.0 Å². The van der Waals surface area contributed by atoms with E-state index in [2.05, 4.69) is 10.5 Å². The van der Waals surface area contributed by atoms with Crippen LogP contribution < -0.4 is 11.2 Å². The van der Waals surface area contributed by atoms with Crippen LogP contribution in [0.3, 0.4) is 0 Å². The Balaban J connectivity index is 1.84. The molecule has 0 spiro atoms. The molecule has 0 radical (unpaired) electrons. The standard InChI is InChI=1S/C15H20N4O3/c1-2-22-15(21)19-9-7-13(8-10-19)17-18-14(20)11-3-5-12(16)6-4-11/h3-6H,2,7-10,16H2,1H3,(H,18,20). The largest absolute Gasteiger partial charge is 0.450 e. The Morgan fingerprint density at radius 1 is 1.27 bits per heavy atom. The summed E-state index contributed by atoms with van der Waals surface area (Å²) in [4.78, 5) is 25.1. The van der Waals surface area contributed by atoms with Gasteiger partial charge in [0.1, 0.15) is 0 Å². The summed E-state index contributed by atoms with van der Waals surface area (Å²) in [5.74, 6) is -0.277. The van der Waals surface area contributed by atoms with Crippen LogP contribution >= 0.6 is 0 Å². The fourth-order valence-corrected chi connectivity index (χ4v) is 2.10. The van der Waals surface area contributed by atoms with Crippen molar-refractivity contribution in [3.05, 3.63) is 29.8 Å². The molecule has 22 heavy (non-hydrogen) atoms. The Morgan fingerprint density at radius 2 is 1.91 bits per heavy atom. The number of carbonyl (C=O) groups excluding carboxylic acids is 2. The molecule has 3 N–H and O–H groups in total. The van der Waals surface area contributed by atoms with Gasteiger partial charge in [0.2, 0.25) is 0 Å². The van der Waals surface area contributed by atoms with Crippen LogP contribution in [-0.2, 0) is 4.74 Å². The molecule has 1 aliphatic rings. The number of nitrogens with one attached hydrogen (secondary N) is 1. The second-order valence-corrected chi connectivity index (χ2v) is 4.93. The first-order chi connectivity index (χ1) is 10.6. The lowest BCUT2D eigenvalue weighted by molar-refractivity contribution is 0.0951. The van der Waals surface area contributed by atoms with Crippen LogP contribution in [0.1, 0.15) is 30.1 Å². The zero-order valence-corrected chi connectivity index (χ0v) is 12.5. The van der Waals surface area contributed by atoms with E-state index in [1.165, 1.54) is 0 Å². The first kappa shape index (κ1) is 15.8. The third-order valence-electron chi connectivity index (χ3n) is 3.36. The van der Waals surface area contributed by atoms with Gasteiger partial charge in [-0.2, -0.15) is 5.10 Å². The van der Waals surface area contributed by atoms with Crippen LogP contribution in [-0.4, -0.2) is 42.3 Å². The van der Waals surface area contributed by atoms with E-state index in [1.54, 1.807) is 36.1 Å². The molecule has 7 heteroatoms. The van der Waals surface area contributed by atoms with Crippen LogP contribution in [0.15, 0.2) is 29.4 Å². The van der Waals surface area contributed by atoms with Gasteiger partial charge in [0.05, 0.1) is 6.61 Å². The van der Waals surface area contributed by atoms with Crippen molar-refractivity contribution in [2.45, 2.75) is 19.8 Å². The first-order valence-corrected chi connectivity index (χ1v) is 7.23. The molecule has 1 aliphatic heterocycles. The molecule has 1 heterocycles.